The van der Waals surface area contributed by atoms with Crippen LogP contribution in [-0.4, -0.2) is 77.1 Å². The molecule has 1 heterocycles. The maximum atomic E-state index is 13.7. The number of pyridine rings is 1. The summed E-state index contributed by atoms with van der Waals surface area (Å²) in [5.41, 5.74) is 8.43. The average molecular weight is 1140 g/mol. The van der Waals surface area contributed by atoms with Crippen LogP contribution in [0.4, 0.5) is 0 Å². The molecule has 393 valence electrons. The Morgan fingerprint density at radius 3 is 0.973 bits per heavy atom. The summed E-state index contributed by atoms with van der Waals surface area (Å²) < 4.78 is 25.8. The van der Waals surface area contributed by atoms with Crippen molar-refractivity contribution >= 4 is 23.8 Å². The number of aliphatic carboxylic acids is 3. The van der Waals surface area contributed by atoms with Crippen LogP contribution in [-0.2, 0) is 72.9 Å². The molecule has 1 amide bonds. The number of nitrogens with zero attached hydrogens (tertiary/aromatic N) is 1. The predicted octanol–water partition coefficient (Wildman–Crippen LogP) is 10.1. The van der Waals surface area contributed by atoms with Gasteiger partial charge in [-0.1, -0.05) is 138 Å². The van der Waals surface area contributed by atoms with Gasteiger partial charge in [-0.25, -0.2) is 14.4 Å². The minimum Gasteiger partial charge on any atom is -0.483 e. The smallest absolute Gasteiger partial charge is 0.341 e. The van der Waals surface area contributed by atoms with Gasteiger partial charge in [-0.15, -0.1) is 0 Å². The molecule has 13 nitrogen and oxygen atoms in total. The van der Waals surface area contributed by atoms with Crippen LogP contribution < -0.4 is 24.3 Å². The van der Waals surface area contributed by atoms with E-state index in [9.17, 15) is 34.5 Å². The van der Waals surface area contributed by atoms with E-state index < -0.39 is 59.4 Å². The number of carboxylic acid groups (broad SMARTS) is 3. The van der Waals surface area contributed by atoms with Crippen molar-refractivity contribution in [2.45, 2.75) is 137 Å². The number of hydrogen-bond acceptors (Lipinski definition) is 9. The zero-order chi connectivity index (χ0) is 52.9. The molecule has 0 atom stereocenters. The Balaban J connectivity index is 0.00000988. The van der Waals surface area contributed by atoms with Gasteiger partial charge in [0, 0.05) is 89.2 Å². The Labute approximate surface area is 461 Å². The third-order valence-electron chi connectivity index (χ3n) is 12.8. The first kappa shape index (κ1) is 58.3. The van der Waals surface area contributed by atoms with E-state index >= 15 is 0 Å². The van der Waals surface area contributed by atoms with E-state index in [2.05, 4.69) is 106 Å². The Hall–Kier alpha value is -5.60. The zero-order valence-corrected chi connectivity index (χ0v) is 46.5. The van der Waals surface area contributed by atoms with Crippen LogP contribution in [0.15, 0.2) is 72.9 Å². The van der Waals surface area contributed by atoms with E-state index in [4.69, 9.17) is 18.9 Å². The summed E-state index contributed by atoms with van der Waals surface area (Å²) in [6.07, 6.45) is 2.91. The van der Waals surface area contributed by atoms with Crippen molar-refractivity contribution in [1.82, 2.24) is 10.3 Å². The second kappa shape index (κ2) is 23.7. The van der Waals surface area contributed by atoms with Crippen molar-refractivity contribution in [3.05, 3.63) is 145 Å². The fraction of sp³-hybridized carbons (Fsp3) is 0.441. The second-order valence-electron chi connectivity index (χ2n) is 23.0. The molecule has 0 unspecified atom stereocenters. The molecule has 1 radical (unpaired) electrons. The van der Waals surface area contributed by atoms with Gasteiger partial charge in [0.05, 0.1) is 0 Å². The molecule has 4 N–H and O–H groups in total. The molecule has 0 fully saturated rings. The number of ether oxygens (including phenoxy) is 4. The van der Waals surface area contributed by atoms with E-state index in [-0.39, 0.29) is 76.8 Å². The predicted molar refractivity (Wildman–Crippen MR) is 278 cm³/mol. The molecule has 1 aliphatic carbocycles. The van der Waals surface area contributed by atoms with Crippen LogP contribution in [0.3, 0.4) is 0 Å². The minimum atomic E-state index is -1.17. The molecular weight excluding hydrogens is 1070 g/mol. The van der Waals surface area contributed by atoms with Crippen molar-refractivity contribution in [2.75, 3.05) is 33.0 Å². The number of carbonyl (C=O) groups is 4. The van der Waals surface area contributed by atoms with Crippen molar-refractivity contribution in [2.24, 2.45) is 0 Å². The number of fused-ring (bicyclic) bond motifs is 8. The maximum absolute atomic E-state index is 13.7. The van der Waals surface area contributed by atoms with Crippen molar-refractivity contribution in [3.63, 3.8) is 0 Å². The largest absolute Gasteiger partial charge is 0.483 e. The summed E-state index contributed by atoms with van der Waals surface area (Å²) in [4.78, 5) is 55.2. The van der Waals surface area contributed by atoms with Crippen LogP contribution >= 0.6 is 0 Å². The number of nitrogens with one attached hydrogen (secondary N) is 1. The van der Waals surface area contributed by atoms with Crippen LogP contribution in [0.5, 0.6) is 23.0 Å². The first-order valence-electron chi connectivity index (χ1n) is 24.5. The summed E-state index contributed by atoms with van der Waals surface area (Å²) in [5.74, 6) is -2.35. The van der Waals surface area contributed by atoms with Crippen LogP contribution in [0.2, 0.25) is 0 Å². The minimum absolute atomic E-state index is 0. The molecule has 8 bridgehead atoms. The van der Waals surface area contributed by atoms with Gasteiger partial charge in [0.15, 0.2) is 26.4 Å². The van der Waals surface area contributed by atoms with Crippen molar-refractivity contribution in [1.29, 1.82) is 0 Å². The van der Waals surface area contributed by atoms with Crippen molar-refractivity contribution in [3.8, 4) is 23.0 Å². The Morgan fingerprint density at radius 1 is 0.466 bits per heavy atom. The quantitative estimate of drug-likeness (QED) is 0.0763. The molecule has 0 spiro atoms. The van der Waals surface area contributed by atoms with Gasteiger partial charge in [0.2, 0.25) is 0 Å². The fourth-order valence-electron chi connectivity index (χ4n) is 8.83. The molecule has 0 saturated carbocycles. The molecule has 0 aliphatic heterocycles. The molecule has 5 aromatic rings. The number of rotatable bonds is 15. The van der Waals surface area contributed by atoms with Crippen LogP contribution in [0, 0.1) is 38.6 Å². The standard InChI is InChI=1S/C59H72N2O11.Tb/c1-56(2,3)43-23-35-19-37-25-44(57(4,5)6)27-39(53(37)70-32-49(63)64)21-41-29-46(59(10,11)12)30-42(55(41)72-34-51(67)68)22-40-28-45(58(7,8)9)26-38(54(40)71-33-50(65)66)20-36(24-43)52(35)69-31-48(62)61-18-16-47-15-13-14-17-60-47;/h13-15,17,23-30H,16,18-22,31-34H2,1-12H3,(H,61,62)(H,63,64)(H,65,66)(H,67,68);. The Bertz CT molecular complexity index is 2700. The molecule has 1 aromatic heterocycles. The number of amides is 1. The van der Waals surface area contributed by atoms with Crippen LogP contribution in [0.1, 0.15) is 156 Å². The maximum Gasteiger partial charge on any atom is 0.341 e. The van der Waals surface area contributed by atoms with E-state index in [0.717, 1.165) is 27.9 Å². The monoisotopic (exact) mass is 1140 g/mol. The van der Waals surface area contributed by atoms with Gasteiger partial charge in [0.25, 0.3) is 5.91 Å². The molecule has 73 heavy (non-hydrogen) atoms. The number of carbonyl (C=O) groups excluding carboxylic acids is 1. The first-order chi connectivity index (χ1) is 33.6. The summed E-state index contributed by atoms with van der Waals surface area (Å²) in [6.45, 7) is 23.3. The fourth-order valence-corrected chi connectivity index (χ4v) is 8.83. The van der Waals surface area contributed by atoms with Gasteiger partial charge >= 0.3 is 17.9 Å². The topological polar surface area (TPSA) is 191 Å². The summed E-state index contributed by atoms with van der Waals surface area (Å²) in [7, 11) is 0. The molecule has 0 saturated heterocycles. The zero-order valence-electron chi connectivity index (χ0n) is 44.4. The number of carboxylic acids is 3. The van der Waals surface area contributed by atoms with Gasteiger partial charge < -0.3 is 39.6 Å². The number of aromatic nitrogens is 1. The normalized spacial score (nSPS) is 12.8. The van der Waals surface area contributed by atoms with Crippen molar-refractivity contribution < 1.29 is 92.1 Å². The number of hydrogen-bond donors (Lipinski definition) is 4. The van der Waals surface area contributed by atoms with E-state index in [0.29, 0.717) is 80.5 Å². The molecule has 1 aliphatic rings. The van der Waals surface area contributed by atoms with Crippen LogP contribution in [0.25, 0.3) is 0 Å². The van der Waals surface area contributed by atoms with E-state index in [1.165, 1.54) is 0 Å². The Kier molecular flexibility index (Phi) is 18.9. The van der Waals surface area contributed by atoms with Gasteiger partial charge in [-0.3, -0.25) is 9.78 Å². The summed E-state index contributed by atoms with van der Waals surface area (Å²) >= 11 is 0. The Morgan fingerprint density at radius 2 is 0.740 bits per heavy atom. The third kappa shape index (κ3) is 15.7. The number of benzene rings is 4. The summed E-state index contributed by atoms with van der Waals surface area (Å²) in [6, 6.07) is 21.9. The first-order valence-corrected chi connectivity index (χ1v) is 24.5. The average Bonchev–Trinajstić information content (AvgIpc) is 3.26. The molecule has 6 rings (SSSR count). The molecule has 4 aromatic carbocycles. The SMILES string of the molecule is CC(C)(C)c1cc2c(OCC(=O)O)c(c1)Cc1cc(C(C)(C)C)cc(c1OCC(=O)O)Cc1cc(C(C)(C)C)cc(c1OCC(=O)NCCc1ccccn1)Cc1cc(C(C)(C)C)cc(c1OCC(=O)O)C2.[Tb]. The second-order valence-corrected chi connectivity index (χ2v) is 23.0. The van der Waals surface area contributed by atoms with Gasteiger partial charge in [-0.2, -0.15) is 0 Å². The molecular formula is C59H72N2O11Tb. The molecule has 14 heteroatoms. The van der Waals surface area contributed by atoms with Gasteiger partial charge in [0.1, 0.15) is 23.0 Å². The van der Waals surface area contributed by atoms with Gasteiger partial charge in [-0.05, 0) is 101 Å². The summed E-state index contributed by atoms with van der Waals surface area (Å²) in [5, 5.41) is 33.3. The third-order valence-corrected chi connectivity index (χ3v) is 12.8. The van der Waals surface area contributed by atoms with E-state index in [1.807, 2.05) is 54.6 Å². The van der Waals surface area contributed by atoms with E-state index in [1.54, 1.807) is 6.20 Å².